The van der Waals surface area contributed by atoms with Crippen LogP contribution >= 0.6 is 11.8 Å². The van der Waals surface area contributed by atoms with Crippen molar-refractivity contribution in [3.63, 3.8) is 0 Å². The van der Waals surface area contributed by atoms with Crippen molar-refractivity contribution in [3.05, 3.63) is 48.0 Å². The average Bonchev–Trinajstić information content (AvgIpc) is 2.65. The first-order valence-corrected chi connectivity index (χ1v) is 9.10. The third kappa shape index (κ3) is 6.05. The maximum atomic E-state index is 11.7. The van der Waals surface area contributed by atoms with Gasteiger partial charge in [0.05, 0.1) is 20.1 Å². The lowest BCUT2D eigenvalue weighted by Gasteiger charge is -2.12. The Kier molecular flexibility index (Phi) is 7.91. The molecule has 0 aliphatic carbocycles. The van der Waals surface area contributed by atoms with Crippen LogP contribution < -0.4 is 9.47 Å². The molecule has 0 amide bonds. The van der Waals surface area contributed by atoms with E-state index in [0.29, 0.717) is 13.2 Å². The van der Waals surface area contributed by atoms with Crippen molar-refractivity contribution in [3.8, 4) is 23.3 Å². The summed E-state index contributed by atoms with van der Waals surface area (Å²) >= 11 is 1.57. The lowest BCUT2D eigenvalue weighted by molar-refractivity contribution is -0.139. The second kappa shape index (κ2) is 10.4. The van der Waals surface area contributed by atoms with Gasteiger partial charge < -0.3 is 14.2 Å². The summed E-state index contributed by atoms with van der Waals surface area (Å²) in [6.07, 6.45) is 0.224. The smallest absolute Gasteiger partial charge is 0.310 e. The molecule has 0 atom stereocenters. The number of ether oxygens (including phenoxy) is 3. The van der Waals surface area contributed by atoms with E-state index in [1.54, 1.807) is 18.7 Å². The van der Waals surface area contributed by atoms with Crippen LogP contribution in [0.15, 0.2) is 52.3 Å². The number of esters is 1. The molecule has 0 unspecified atom stereocenters. The van der Waals surface area contributed by atoms with E-state index < -0.39 is 0 Å². The van der Waals surface area contributed by atoms with Gasteiger partial charge in [0.25, 0.3) is 0 Å². The molecule has 0 radical (unpaired) electrons. The number of carbonyl (C=O) groups excluding carboxylic acids is 1. The van der Waals surface area contributed by atoms with Crippen molar-refractivity contribution in [2.75, 3.05) is 20.3 Å². The average molecular weight is 370 g/mol. The molecule has 136 valence electrons. The molecule has 5 heteroatoms. The van der Waals surface area contributed by atoms with E-state index in [1.807, 2.05) is 49.4 Å². The van der Waals surface area contributed by atoms with E-state index in [2.05, 4.69) is 11.8 Å². The molecule has 0 N–H and O–H groups in total. The van der Waals surface area contributed by atoms with Gasteiger partial charge in [0.15, 0.2) is 0 Å². The highest BCUT2D eigenvalue weighted by molar-refractivity contribution is 7.99. The minimum absolute atomic E-state index is 0.224. The van der Waals surface area contributed by atoms with Gasteiger partial charge in [-0.3, -0.25) is 4.79 Å². The fourth-order valence-electron chi connectivity index (χ4n) is 2.18. The third-order valence-electron chi connectivity index (χ3n) is 3.45. The number of carbonyl (C=O) groups is 1. The Bertz CT molecular complexity index is 788. The van der Waals surface area contributed by atoms with Crippen LogP contribution in [0.25, 0.3) is 0 Å². The third-order valence-corrected chi connectivity index (χ3v) is 4.56. The van der Waals surface area contributed by atoms with Crippen LogP contribution in [0, 0.1) is 11.8 Å². The van der Waals surface area contributed by atoms with Gasteiger partial charge in [-0.05, 0) is 55.8 Å². The van der Waals surface area contributed by atoms with Gasteiger partial charge in [-0.25, -0.2) is 0 Å². The zero-order valence-corrected chi connectivity index (χ0v) is 16.0. The van der Waals surface area contributed by atoms with Gasteiger partial charge >= 0.3 is 5.97 Å². The van der Waals surface area contributed by atoms with E-state index >= 15 is 0 Å². The molecule has 0 fully saturated rings. The number of rotatable bonds is 8. The Labute approximate surface area is 158 Å². The highest BCUT2D eigenvalue weighted by Gasteiger charge is 2.11. The van der Waals surface area contributed by atoms with Gasteiger partial charge in [-0.1, -0.05) is 23.7 Å². The minimum atomic E-state index is -0.267. The van der Waals surface area contributed by atoms with Crippen molar-refractivity contribution in [1.29, 1.82) is 0 Å². The van der Waals surface area contributed by atoms with Crippen LogP contribution in [0.1, 0.15) is 19.4 Å². The summed E-state index contributed by atoms with van der Waals surface area (Å²) in [5.74, 6) is 6.95. The molecular weight excluding hydrogens is 348 g/mol. The highest BCUT2D eigenvalue weighted by atomic mass is 32.2. The summed E-state index contributed by atoms with van der Waals surface area (Å²) < 4.78 is 15.9. The van der Waals surface area contributed by atoms with Crippen molar-refractivity contribution >= 4 is 17.7 Å². The lowest BCUT2D eigenvalue weighted by atomic mass is 10.1. The monoisotopic (exact) mass is 370 g/mol. The van der Waals surface area contributed by atoms with Crippen LogP contribution in [0.5, 0.6) is 11.5 Å². The second-order valence-corrected chi connectivity index (χ2v) is 6.36. The number of methoxy groups -OCH3 is 1. The first-order valence-electron chi connectivity index (χ1n) is 8.29. The molecule has 0 saturated carbocycles. The quantitative estimate of drug-likeness (QED) is 0.510. The van der Waals surface area contributed by atoms with Crippen LogP contribution in [0.4, 0.5) is 0 Å². The van der Waals surface area contributed by atoms with Gasteiger partial charge in [-0.15, -0.1) is 5.92 Å². The van der Waals surface area contributed by atoms with Gasteiger partial charge in [0.2, 0.25) is 0 Å². The maximum absolute atomic E-state index is 11.7. The SMILES string of the molecule is CC#CCOc1ccc(Sc2cc(OCC)ccc2CC(=O)OC)cc1. The van der Waals surface area contributed by atoms with E-state index in [0.717, 1.165) is 26.9 Å². The summed E-state index contributed by atoms with van der Waals surface area (Å²) in [5.41, 5.74) is 0.906. The van der Waals surface area contributed by atoms with E-state index in [-0.39, 0.29) is 12.4 Å². The Balaban J connectivity index is 2.17. The van der Waals surface area contributed by atoms with Gasteiger partial charge in [0.1, 0.15) is 18.1 Å². The van der Waals surface area contributed by atoms with Crippen LogP contribution in [0.2, 0.25) is 0 Å². The van der Waals surface area contributed by atoms with Crippen molar-refractivity contribution in [2.24, 2.45) is 0 Å². The number of benzene rings is 2. The van der Waals surface area contributed by atoms with Crippen molar-refractivity contribution in [1.82, 2.24) is 0 Å². The topological polar surface area (TPSA) is 44.8 Å². The summed E-state index contributed by atoms with van der Waals surface area (Å²) in [7, 11) is 1.39. The Hall–Kier alpha value is -2.58. The summed E-state index contributed by atoms with van der Waals surface area (Å²) in [6, 6.07) is 13.5. The van der Waals surface area contributed by atoms with Gasteiger partial charge in [0, 0.05) is 9.79 Å². The predicted molar refractivity (Wildman–Crippen MR) is 103 cm³/mol. The molecule has 0 bridgehead atoms. The normalized spacial score (nSPS) is 9.81. The fraction of sp³-hybridized carbons (Fsp3) is 0.286. The minimum Gasteiger partial charge on any atom is -0.494 e. The molecule has 0 aliphatic heterocycles. The Morgan fingerprint density at radius 1 is 1.08 bits per heavy atom. The van der Waals surface area contributed by atoms with Crippen LogP contribution in [0.3, 0.4) is 0 Å². The molecule has 0 saturated heterocycles. The first kappa shape index (κ1) is 19.7. The van der Waals surface area contributed by atoms with Crippen LogP contribution in [-0.2, 0) is 16.0 Å². The largest absolute Gasteiger partial charge is 0.494 e. The first-order chi connectivity index (χ1) is 12.7. The van der Waals surface area contributed by atoms with E-state index in [4.69, 9.17) is 14.2 Å². The Morgan fingerprint density at radius 3 is 2.46 bits per heavy atom. The molecule has 2 rings (SSSR count). The molecule has 0 spiro atoms. The molecule has 2 aromatic carbocycles. The summed E-state index contributed by atoms with van der Waals surface area (Å²) in [6.45, 7) is 4.69. The van der Waals surface area contributed by atoms with Gasteiger partial charge in [-0.2, -0.15) is 0 Å². The molecule has 0 aromatic heterocycles. The van der Waals surface area contributed by atoms with E-state index in [1.165, 1.54) is 7.11 Å². The fourth-order valence-corrected chi connectivity index (χ4v) is 3.15. The van der Waals surface area contributed by atoms with Crippen molar-refractivity contribution < 1.29 is 19.0 Å². The number of hydrogen-bond donors (Lipinski definition) is 0. The van der Waals surface area contributed by atoms with Crippen LogP contribution in [-0.4, -0.2) is 26.3 Å². The Morgan fingerprint density at radius 2 is 1.81 bits per heavy atom. The second-order valence-electron chi connectivity index (χ2n) is 5.24. The summed E-state index contributed by atoms with van der Waals surface area (Å²) in [5, 5.41) is 0. The summed E-state index contributed by atoms with van der Waals surface area (Å²) in [4.78, 5) is 13.7. The molecule has 4 nitrogen and oxygen atoms in total. The molecule has 0 heterocycles. The zero-order chi connectivity index (χ0) is 18.8. The predicted octanol–water partition coefficient (Wildman–Crippen LogP) is 4.35. The number of hydrogen-bond acceptors (Lipinski definition) is 5. The zero-order valence-electron chi connectivity index (χ0n) is 15.2. The lowest BCUT2D eigenvalue weighted by Crippen LogP contribution is -2.05. The molecule has 2 aromatic rings. The van der Waals surface area contributed by atoms with E-state index in [9.17, 15) is 4.79 Å². The molecular formula is C21H22O4S. The van der Waals surface area contributed by atoms with Crippen molar-refractivity contribution in [2.45, 2.75) is 30.1 Å². The highest BCUT2D eigenvalue weighted by Crippen LogP contribution is 2.34. The standard InChI is InChI=1S/C21H22O4S/c1-4-6-13-25-17-9-11-19(12-10-17)26-20-15-18(24-5-2)8-7-16(20)14-21(22)23-3/h7-12,15H,5,13-14H2,1-3H3. The molecule has 26 heavy (non-hydrogen) atoms. The molecule has 0 aliphatic rings. The maximum Gasteiger partial charge on any atom is 0.310 e.